The first kappa shape index (κ1) is 12.0. The number of nitrogens with two attached hydrogens (primary N) is 1. The molecule has 90 valence electrons. The van der Waals surface area contributed by atoms with Crippen molar-refractivity contribution in [3.8, 4) is 11.3 Å². The molecule has 0 aliphatic heterocycles. The zero-order chi connectivity index (χ0) is 12.4. The Bertz CT molecular complexity index is 519. The third kappa shape index (κ3) is 2.44. The topological polar surface area (TPSA) is 54.7 Å². The lowest BCUT2D eigenvalue weighted by Crippen LogP contribution is -1.93. The molecule has 0 saturated carbocycles. The number of H-pyrrole nitrogens is 1. The highest BCUT2D eigenvalue weighted by Crippen LogP contribution is 2.30. The van der Waals surface area contributed by atoms with Gasteiger partial charge >= 0.3 is 0 Å². The van der Waals surface area contributed by atoms with Crippen molar-refractivity contribution < 1.29 is 0 Å². The van der Waals surface area contributed by atoms with Gasteiger partial charge in [-0.05, 0) is 24.0 Å². The molecule has 1 unspecified atom stereocenters. The number of nitrogen functional groups attached to an aromatic ring is 1. The van der Waals surface area contributed by atoms with Crippen molar-refractivity contribution in [1.29, 1.82) is 0 Å². The first-order valence-corrected chi connectivity index (χ1v) is 6.10. The van der Waals surface area contributed by atoms with E-state index in [1.807, 2.05) is 12.1 Å². The van der Waals surface area contributed by atoms with Crippen LogP contribution < -0.4 is 5.73 Å². The van der Waals surface area contributed by atoms with Crippen LogP contribution in [0.25, 0.3) is 11.3 Å². The Hall–Kier alpha value is -1.48. The van der Waals surface area contributed by atoms with E-state index in [2.05, 4.69) is 30.1 Å². The smallest absolute Gasteiger partial charge is 0.145 e. The molecule has 0 aliphatic carbocycles. The fourth-order valence-corrected chi connectivity index (χ4v) is 2.17. The van der Waals surface area contributed by atoms with Gasteiger partial charge in [0.05, 0.1) is 5.69 Å². The minimum Gasteiger partial charge on any atom is -0.382 e. The summed E-state index contributed by atoms with van der Waals surface area (Å²) < 4.78 is 0. The number of hydrogen-bond acceptors (Lipinski definition) is 2. The average Bonchev–Trinajstić information content (AvgIpc) is 2.75. The molecule has 3 N–H and O–H groups in total. The van der Waals surface area contributed by atoms with E-state index < -0.39 is 0 Å². The maximum atomic E-state index is 6.29. The summed E-state index contributed by atoms with van der Waals surface area (Å²) in [5.41, 5.74) is 8.66. The van der Waals surface area contributed by atoms with Gasteiger partial charge in [0.15, 0.2) is 0 Å². The van der Waals surface area contributed by atoms with Crippen LogP contribution in [-0.4, -0.2) is 10.2 Å². The van der Waals surface area contributed by atoms with Crippen molar-refractivity contribution in [2.45, 2.75) is 26.2 Å². The van der Waals surface area contributed by atoms with Crippen molar-refractivity contribution in [2.24, 2.45) is 0 Å². The summed E-state index contributed by atoms with van der Waals surface area (Å²) in [4.78, 5) is 0. The minimum absolute atomic E-state index is 0.475. The van der Waals surface area contributed by atoms with Gasteiger partial charge in [0.1, 0.15) is 5.82 Å². The molecule has 0 saturated heterocycles. The van der Waals surface area contributed by atoms with Crippen molar-refractivity contribution in [1.82, 2.24) is 10.2 Å². The predicted octanol–water partition coefficient (Wildman–Crippen LogP) is 3.83. The summed E-state index contributed by atoms with van der Waals surface area (Å²) in [6.45, 7) is 4.33. The fourth-order valence-electron chi connectivity index (χ4n) is 1.80. The number of halogens is 1. The molecule has 0 radical (unpaired) electrons. The van der Waals surface area contributed by atoms with E-state index in [9.17, 15) is 0 Å². The minimum atomic E-state index is 0.475. The molecule has 0 aliphatic rings. The highest BCUT2D eigenvalue weighted by Gasteiger charge is 2.10. The lowest BCUT2D eigenvalue weighted by atomic mass is 9.97. The Kier molecular flexibility index (Phi) is 3.38. The second kappa shape index (κ2) is 4.80. The molecule has 0 fully saturated rings. The number of aromatic nitrogens is 2. The number of hydrogen-bond donors (Lipinski definition) is 2. The van der Waals surface area contributed by atoms with E-state index in [0.29, 0.717) is 11.7 Å². The number of rotatable bonds is 3. The van der Waals surface area contributed by atoms with E-state index in [1.54, 1.807) is 6.07 Å². The molecule has 2 rings (SSSR count). The van der Waals surface area contributed by atoms with Crippen LogP contribution in [0.2, 0.25) is 5.02 Å². The fraction of sp³-hybridized carbons (Fsp3) is 0.308. The zero-order valence-electron chi connectivity index (χ0n) is 10.00. The SMILES string of the molecule is CCC(C)c1ccc(-c2cc(N)n[nH]2)cc1Cl. The summed E-state index contributed by atoms with van der Waals surface area (Å²) in [7, 11) is 0. The molecule has 4 heteroatoms. The largest absolute Gasteiger partial charge is 0.382 e. The summed E-state index contributed by atoms with van der Waals surface area (Å²) in [5, 5.41) is 7.58. The summed E-state index contributed by atoms with van der Waals surface area (Å²) in [5.74, 6) is 0.963. The van der Waals surface area contributed by atoms with Gasteiger partial charge in [-0.25, -0.2) is 0 Å². The molecule has 1 aromatic carbocycles. The summed E-state index contributed by atoms with van der Waals surface area (Å²) >= 11 is 6.29. The molecular weight excluding hydrogens is 234 g/mol. The molecule has 1 atom stereocenters. The van der Waals surface area contributed by atoms with Gasteiger partial charge in [0.25, 0.3) is 0 Å². The van der Waals surface area contributed by atoms with Crippen molar-refractivity contribution in [3.05, 3.63) is 34.9 Å². The standard InChI is InChI=1S/C13H16ClN3/c1-3-8(2)10-5-4-9(6-11(10)14)12-7-13(15)17-16-12/h4-8H,3H2,1-2H3,(H3,15,16,17). The maximum absolute atomic E-state index is 6.29. The van der Waals surface area contributed by atoms with E-state index >= 15 is 0 Å². The van der Waals surface area contributed by atoms with Gasteiger partial charge in [0, 0.05) is 16.7 Å². The van der Waals surface area contributed by atoms with Gasteiger partial charge < -0.3 is 5.73 Å². The van der Waals surface area contributed by atoms with Crippen LogP contribution >= 0.6 is 11.6 Å². The normalized spacial score (nSPS) is 12.6. The Labute approximate surface area is 106 Å². The number of anilines is 1. The highest BCUT2D eigenvalue weighted by molar-refractivity contribution is 6.31. The number of nitrogens with one attached hydrogen (secondary N) is 1. The van der Waals surface area contributed by atoms with Gasteiger partial charge in [-0.3, -0.25) is 5.10 Å². The molecule has 1 aromatic heterocycles. The van der Waals surface area contributed by atoms with E-state index in [0.717, 1.165) is 22.7 Å². The molecule has 3 nitrogen and oxygen atoms in total. The quantitative estimate of drug-likeness (QED) is 0.869. The van der Waals surface area contributed by atoms with Crippen LogP contribution in [0.3, 0.4) is 0 Å². The molecule has 0 bridgehead atoms. The maximum Gasteiger partial charge on any atom is 0.145 e. The zero-order valence-corrected chi connectivity index (χ0v) is 10.8. The Morgan fingerprint density at radius 3 is 2.71 bits per heavy atom. The second-order valence-corrected chi connectivity index (χ2v) is 4.66. The molecule has 17 heavy (non-hydrogen) atoms. The summed E-state index contributed by atoms with van der Waals surface area (Å²) in [6.07, 6.45) is 1.08. The Morgan fingerprint density at radius 1 is 1.41 bits per heavy atom. The van der Waals surface area contributed by atoms with Crippen LogP contribution in [0.5, 0.6) is 0 Å². The Balaban J connectivity index is 2.37. The predicted molar refractivity (Wildman–Crippen MR) is 72.2 cm³/mol. The first-order chi connectivity index (χ1) is 8.11. The van der Waals surface area contributed by atoms with Crippen LogP contribution in [-0.2, 0) is 0 Å². The lowest BCUT2D eigenvalue weighted by Gasteiger charge is -2.11. The van der Waals surface area contributed by atoms with Gasteiger partial charge in [0.2, 0.25) is 0 Å². The third-order valence-electron chi connectivity index (χ3n) is 3.05. The summed E-state index contributed by atoms with van der Waals surface area (Å²) in [6, 6.07) is 7.87. The average molecular weight is 250 g/mol. The first-order valence-electron chi connectivity index (χ1n) is 5.72. The number of benzene rings is 1. The molecule has 0 spiro atoms. The van der Waals surface area contributed by atoms with E-state index in [1.165, 1.54) is 5.56 Å². The van der Waals surface area contributed by atoms with Gasteiger partial charge in [-0.2, -0.15) is 5.10 Å². The Morgan fingerprint density at radius 2 is 2.18 bits per heavy atom. The van der Waals surface area contributed by atoms with Gasteiger partial charge in [-0.15, -0.1) is 0 Å². The van der Waals surface area contributed by atoms with Crippen molar-refractivity contribution >= 4 is 17.4 Å². The molecule has 0 amide bonds. The number of nitrogens with zero attached hydrogens (tertiary/aromatic N) is 1. The second-order valence-electron chi connectivity index (χ2n) is 4.25. The van der Waals surface area contributed by atoms with Gasteiger partial charge in [-0.1, -0.05) is 37.6 Å². The van der Waals surface area contributed by atoms with Crippen LogP contribution in [0.15, 0.2) is 24.3 Å². The molecule has 2 aromatic rings. The van der Waals surface area contributed by atoms with Crippen LogP contribution in [0.4, 0.5) is 5.82 Å². The highest BCUT2D eigenvalue weighted by atomic mass is 35.5. The van der Waals surface area contributed by atoms with E-state index in [-0.39, 0.29) is 0 Å². The van der Waals surface area contributed by atoms with Crippen molar-refractivity contribution in [3.63, 3.8) is 0 Å². The monoisotopic (exact) mass is 249 g/mol. The van der Waals surface area contributed by atoms with Crippen molar-refractivity contribution in [2.75, 3.05) is 5.73 Å². The number of aromatic amines is 1. The molecule has 1 heterocycles. The molecular formula is C13H16ClN3. The van der Waals surface area contributed by atoms with Crippen LogP contribution in [0, 0.1) is 0 Å². The van der Waals surface area contributed by atoms with E-state index in [4.69, 9.17) is 17.3 Å². The van der Waals surface area contributed by atoms with Crippen LogP contribution in [0.1, 0.15) is 31.7 Å². The third-order valence-corrected chi connectivity index (χ3v) is 3.38. The lowest BCUT2D eigenvalue weighted by molar-refractivity contribution is 0.734.